The fourth-order valence-electron chi connectivity index (χ4n) is 4.42. The van der Waals surface area contributed by atoms with Gasteiger partial charge < -0.3 is 20.3 Å². The molecule has 1 aromatic carbocycles. The molecule has 0 spiro atoms. The van der Waals surface area contributed by atoms with E-state index < -0.39 is 0 Å². The molecule has 7 heteroatoms. The van der Waals surface area contributed by atoms with Crippen molar-refractivity contribution in [1.29, 1.82) is 0 Å². The number of guanidine groups is 1. The standard InChI is InChI=1S/C23H39N5O.HI/c1-24-23(25-13-3-4-14-27-15-5-6-16-27)26-19-22(28-17-7-8-18-28)20-9-11-21(29-2)12-10-20;/h9-12,22H,3-8,13-19H2,1-2H3,(H2,24,25,26);1H. The zero-order chi connectivity index (χ0) is 20.3. The number of hydrogen-bond acceptors (Lipinski definition) is 4. The second-order valence-corrected chi connectivity index (χ2v) is 8.17. The van der Waals surface area contributed by atoms with Gasteiger partial charge in [-0.2, -0.15) is 0 Å². The number of ether oxygens (including phenoxy) is 1. The first-order valence-corrected chi connectivity index (χ1v) is 11.3. The number of halogens is 1. The lowest BCUT2D eigenvalue weighted by Crippen LogP contribution is -2.43. The molecule has 30 heavy (non-hydrogen) atoms. The summed E-state index contributed by atoms with van der Waals surface area (Å²) in [4.78, 5) is 9.60. The Balaban J connectivity index is 0.00000320. The van der Waals surface area contributed by atoms with Gasteiger partial charge in [0.2, 0.25) is 0 Å². The summed E-state index contributed by atoms with van der Waals surface area (Å²) in [7, 11) is 3.58. The normalized spacial score (nSPS) is 18.8. The predicted octanol–water partition coefficient (Wildman–Crippen LogP) is 3.49. The van der Waals surface area contributed by atoms with Crippen molar-refractivity contribution in [2.45, 2.75) is 44.6 Å². The van der Waals surface area contributed by atoms with Gasteiger partial charge in [0.25, 0.3) is 0 Å². The lowest BCUT2D eigenvalue weighted by atomic mass is 10.1. The van der Waals surface area contributed by atoms with Gasteiger partial charge in [0.15, 0.2) is 5.96 Å². The fourth-order valence-corrected chi connectivity index (χ4v) is 4.42. The summed E-state index contributed by atoms with van der Waals surface area (Å²) >= 11 is 0. The maximum absolute atomic E-state index is 5.33. The lowest BCUT2D eigenvalue weighted by molar-refractivity contribution is 0.245. The smallest absolute Gasteiger partial charge is 0.191 e. The molecule has 170 valence electrons. The molecule has 0 saturated carbocycles. The van der Waals surface area contributed by atoms with E-state index in [1.807, 2.05) is 7.05 Å². The van der Waals surface area contributed by atoms with Gasteiger partial charge in [0.05, 0.1) is 13.2 Å². The molecule has 0 bridgehead atoms. The maximum atomic E-state index is 5.33. The van der Waals surface area contributed by atoms with Crippen molar-refractivity contribution in [2.24, 2.45) is 4.99 Å². The second-order valence-electron chi connectivity index (χ2n) is 8.17. The summed E-state index contributed by atoms with van der Waals surface area (Å²) in [6, 6.07) is 8.87. The van der Waals surface area contributed by atoms with Crippen molar-refractivity contribution in [3.8, 4) is 5.75 Å². The number of unbranched alkanes of at least 4 members (excludes halogenated alkanes) is 1. The highest BCUT2D eigenvalue weighted by atomic mass is 127. The zero-order valence-electron chi connectivity index (χ0n) is 18.7. The van der Waals surface area contributed by atoms with Crippen LogP contribution in [0.2, 0.25) is 0 Å². The van der Waals surface area contributed by atoms with E-state index in [0.29, 0.717) is 6.04 Å². The number of likely N-dealkylation sites (tertiary alicyclic amines) is 2. The van der Waals surface area contributed by atoms with Crippen LogP contribution in [-0.4, -0.2) is 75.7 Å². The zero-order valence-corrected chi connectivity index (χ0v) is 21.1. The average molecular weight is 530 g/mol. The van der Waals surface area contributed by atoms with Crippen LogP contribution < -0.4 is 15.4 Å². The number of methoxy groups -OCH3 is 1. The minimum Gasteiger partial charge on any atom is -0.497 e. The van der Waals surface area contributed by atoms with Gasteiger partial charge in [-0.3, -0.25) is 9.89 Å². The van der Waals surface area contributed by atoms with E-state index in [0.717, 1.165) is 24.8 Å². The van der Waals surface area contributed by atoms with Gasteiger partial charge in [-0.25, -0.2) is 0 Å². The van der Waals surface area contributed by atoms with Crippen molar-refractivity contribution in [3.63, 3.8) is 0 Å². The van der Waals surface area contributed by atoms with E-state index in [-0.39, 0.29) is 24.0 Å². The van der Waals surface area contributed by atoms with Crippen molar-refractivity contribution in [2.75, 3.05) is 60.0 Å². The molecule has 0 amide bonds. The summed E-state index contributed by atoms with van der Waals surface area (Å²) < 4.78 is 5.33. The van der Waals surface area contributed by atoms with E-state index in [1.165, 1.54) is 76.8 Å². The Labute approximate surface area is 199 Å². The molecule has 1 atom stereocenters. The predicted molar refractivity (Wildman–Crippen MR) is 136 cm³/mol. The summed E-state index contributed by atoms with van der Waals surface area (Å²) in [6.45, 7) is 7.99. The van der Waals surface area contributed by atoms with E-state index in [4.69, 9.17) is 4.74 Å². The Morgan fingerprint density at radius 1 is 1.00 bits per heavy atom. The van der Waals surface area contributed by atoms with E-state index in [9.17, 15) is 0 Å². The molecule has 0 radical (unpaired) electrons. The van der Waals surface area contributed by atoms with E-state index in [1.54, 1.807) is 7.11 Å². The van der Waals surface area contributed by atoms with Gasteiger partial charge in [0.1, 0.15) is 5.75 Å². The van der Waals surface area contributed by atoms with Crippen LogP contribution in [0.25, 0.3) is 0 Å². The van der Waals surface area contributed by atoms with Gasteiger partial charge >= 0.3 is 0 Å². The van der Waals surface area contributed by atoms with Gasteiger partial charge in [-0.05, 0) is 88.9 Å². The molecule has 2 heterocycles. The highest BCUT2D eigenvalue weighted by Gasteiger charge is 2.23. The van der Waals surface area contributed by atoms with Crippen molar-refractivity contribution in [1.82, 2.24) is 20.4 Å². The lowest BCUT2D eigenvalue weighted by Gasteiger charge is -2.29. The minimum atomic E-state index is 0. The molecule has 0 aromatic heterocycles. The van der Waals surface area contributed by atoms with Crippen LogP contribution in [0.15, 0.2) is 29.3 Å². The van der Waals surface area contributed by atoms with Crippen LogP contribution in [0.1, 0.15) is 50.1 Å². The largest absolute Gasteiger partial charge is 0.497 e. The summed E-state index contributed by atoms with van der Waals surface area (Å²) in [5, 5.41) is 7.05. The van der Waals surface area contributed by atoms with Gasteiger partial charge in [0, 0.05) is 20.1 Å². The molecule has 3 rings (SSSR count). The minimum absolute atomic E-state index is 0. The highest BCUT2D eigenvalue weighted by molar-refractivity contribution is 14.0. The van der Waals surface area contributed by atoms with Gasteiger partial charge in [-0.15, -0.1) is 24.0 Å². The average Bonchev–Trinajstić information content (AvgIpc) is 3.47. The number of nitrogens with one attached hydrogen (secondary N) is 2. The summed E-state index contributed by atoms with van der Waals surface area (Å²) in [5.41, 5.74) is 1.33. The van der Waals surface area contributed by atoms with E-state index in [2.05, 4.69) is 49.7 Å². The second kappa shape index (κ2) is 14.1. The molecule has 2 fully saturated rings. The van der Waals surface area contributed by atoms with Gasteiger partial charge in [-0.1, -0.05) is 12.1 Å². The third-order valence-electron chi connectivity index (χ3n) is 6.16. The third kappa shape index (κ3) is 7.89. The van der Waals surface area contributed by atoms with Crippen LogP contribution in [0.3, 0.4) is 0 Å². The Kier molecular flexibility index (Phi) is 11.8. The molecule has 2 aliphatic heterocycles. The fraction of sp³-hybridized carbons (Fsp3) is 0.696. The number of hydrogen-bond donors (Lipinski definition) is 2. The first-order valence-electron chi connectivity index (χ1n) is 11.3. The maximum Gasteiger partial charge on any atom is 0.191 e. The van der Waals surface area contributed by atoms with Crippen LogP contribution >= 0.6 is 24.0 Å². The van der Waals surface area contributed by atoms with E-state index >= 15 is 0 Å². The Hall–Kier alpha value is -1.06. The molecule has 0 aliphatic carbocycles. The quantitative estimate of drug-likeness (QED) is 0.211. The monoisotopic (exact) mass is 529 g/mol. The first-order chi connectivity index (χ1) is 14.3. The molecule has 2 N–H and O–H groups in total. The molecule has 1 aromatic rings. The molecule has 1 unspecified atom stereocenters. The molecule has 2 aliphatic rings. The van der Waals surface area contributed by atoms with Crippen LogP contribution in [-0.2, 0) is 0 Å². The SMILES string of the molecule is CN=C(NCCCCN1CCCC1)NCC(c1ccc(OC)cc1)N1CCCC1.I. The van der Waals surface area contributed by atoms with Crippen molar-refractivity contribution >= 4 is 29.9 Å². The summed E-state index contributed by atoms with van der Waals surface area (Å²) in [6.07, 6.45) is 7.77. The van der Waals surface area contributed by atoms with Crippen LogP contribution in [0.5, 0.6) is 5.75 Å². The molecular formula is C23H40IN5O. The topological polar surface area (TPSA) is 52.1 Å². The van der Waals surface area contributed by atoms with Crippen molar-refractivity contribution in [3.05, 3.63) is 29.8 Å². The van der Waals surface area contributed by atoms with Crippen LogP contribution in [0.4, 0.5) is 0 Å². The number of nitrogens with zero attached hydrogens (tertiary/aromatic N) is 3. The van der Waals surface area contributed by atoms with Crippen molar-refractivity contribution < 1.29 is 4.74 Å². The molecule has 6 nitrogen and oxygen atoms in total. The molecular weight excluding hydrogens is 489 g/mol. The van der Waals surface area contributed by atoms with Crippen LogP contribution in [0, 0.1) is 0 Å². The third-order valence-corrected chi connectivity index (χ3v) is 6.16. The Bertz CT molecular complexity index is 613. The summed E-state index contributed by atoms with van der Waals surface area (Å²) in [5.74, 6) is 1.82. The number of aliphatic imine (C=N–C) groups is 1. The first kappa shape index (κ1) is 25.2. The molecule has 2 saturated heterocycles. The number of rotatable bonds is 10. The Morgan fingerprint density at radius 2 is 1.67 bits per heavy atom. The number of benzene rings is 1. The highest BCUT2D eigenvalue weighted by Crippen LogP contribution is 2.26. The Morgan fingerprint density at radius 3 is 2.30 bits per heavy atom.